The number of guanidine groups is 2. The Morgan fingerprint density at radius 2 is 2.31 bits per heavy atom. The van der Waals surface area contributed by atoms with E-state index in [1.165, 1.54) is 0 Å². The first kappa shape index (κ1) is 9.79. The van der Waals surface area contributed by atoms with E-state index >= 15 is 0 Å². The third-order valence-corrected chi connectivity index (χ3v) is 1.78. The minimum Gasteiger partial charge on any atom is -0.375 e. The second kappa shape index (κ2) is 4.08. The molecule has 6 heteroatoms. The van der Waals surface area contributed by atoms with E-state index in [0.29, 0.717) is 19.7 Å². The van der Waals surface area contributed by atoms with Gasteiger partial charge in [-0.05, 0) is 6.92 Å². The van der Waals surface area contributed by atoms with Crippen LogP contribution in [-0.2, 0) is 4.74 Å². The van der Waals surface area contributed by atoms with E-state index < -0.39 is 0 Å². The van der Waals surface area contributed by atoms with E-state index in [9.17, 15) is 0 Å². The maximum Gasteiger partial charge on any atom is 0.221 e. The molecule has 0 aliphatic carbocycles. The highest BCUT2D eigenvalue weighted by molar-refractivity contribution is 5.91. The van der Waals surface area contributed by atoms with Crippen molar-refractivity contribution in [2.45, 2.75) is 13.0 Å². The zero-order valence-corrected chi connectivity index (χ0v) is 7.66. The highest BCUT2D eigenvalue weighted by atomic mass is 16.5. The van der Waals surface area contributed by atoms with Gasteiger partial charge in [-0.25, -0.2) is 0 Å². The summed E-state index contributed by atoms with van der Waals surface area (Å²) in [7, 11) is 0. The van der Waals surface area contributed by atoms with Gasteiger partial charge in [-0.3, -0.25) is 5.41 Å². The first-order valence-corrected chi connectivity index (χ1v) is 4.14. The average molecular weight is 185 g/mol. The first-order chi connectivity index (χ1) is 6.09. The standard InChI is InChI=1S/C7H15N5O/c1-5-4-12(2-3-13-5)7(10)11-6(8)9/h5H,2-4H2,1H3,(H5,8,9,10,11). The molecule has 0 bridgehead atoms. The van der Waals surface area contributed by atoms with Crippen LogP contribution in [0, 0.1) is 5.41 Å². The molecule has 74 valence electrons. The lowest BCUT2D eigenvalue weighted by molar-refractivity contribution is 0.00517. The number of aliphatic imine (C=N–C) groups is 1. The fourth-order valence-corrected chi connectivity index (χ4v) is 1.20. The molecule has 1 heterocycles. The summed E-state index contributed by atoms with van der Waals surface area (Å²) >= 11 is 0. The summed E-state index contributed by atoms with van der Waals surface area (Å²) in [5.74, 6) is 0.0271. The molecule has 1 atom stereocenters. The Balaban J connectivity index is 2.51. The smallest absolute Gasteiger partial charge is 0.221 e. The van der Waals surface area contributed by atoms with Crippen molar-refractivity contribution in [3.63, 3.8) is 0 Å². The predicted molar refractivity (Wildman–Crippen MR) is 50.5 cm³/mol. The number of nitrogens with one attached hydrogen (secondary N) is 1. The molecular weight excluding hydrogens is 170 g/mol. The Labute approximate surface area is 77.1 Å². The van der Waals surface area contributed by atoms with Gasteiger partial charge in [0.05, 0.1) is 12.7 Å². The van der Waals surface area contributed by atoms with Crippen LogP contribution in [-0.4, -0.2) is 42.6 Å². The van der Waals surface area contributed by atoms with Gasteiger partial charge >= 0.3 is 0 Å². The van der Waals surface area contributed by atoms with Crippen molar-refractivity contribution in [2.75, 3.05) is 19.7 Å². The summed E-state index contributed by atoms with van der Waals surface area (Å²) in [5, 5.41) is 7.53. The Bertz CT molecular complexity index is 223. The highest BCUT2D eigenvalue weighted by Crippen LogP contribution is 2.04. The molecule has 1 fully saturated rings. The zero-order valence-electron chi connectivity index (χ0n) is 7.66. The van der Waals surface area contributed by atoms with E-state index in [-0.39, 0.29) is 18.0 Å². The van der Waals surface area contributed by atoms with Crippen LogP contribution in [0.4, 0.5) is 0 Å². The minimum absolute atomic E-state index is 0.0795. The molecule has 1 unspecified atom stereocenters. The Morgan fingerprint density at radius 1 is 1.62 bits per heavy atom. The molecule has 1 saturated heterocycles. The molecule has 13 heavy (non-hydrogen) atoms. The van der Waals surface area contributed by atoms with Crippen molar-refractivity contribution < 1.29 is 4.74 Å². The molecule has 5 N–H and O–H groups in total. The van der Waals surface area contributed by atoms with Crippen LogP contribution in [0.25, 0.3) is 0 Å². The average Bonchev–Trinajstić information content (AvgIpc) is 2.03. The van der Waals surface area contributed by atoms with Crippen molar-refractivity contribution in [1.82, 2.24) is 4.90 Å². The van der Waals surface area contributed by atoms with Gasteiger partial charge in [0.25, 0.3) is 0 Å². The molecule has 0 saturated carbocycles. The van der Waals surface area contributed by atoms with E-state index in [2.05, 4.69) is 4.99 Å². The summed E-state index contributed by atoms with van der Waals surface area (Å²) in [6.07, 6.45) is 0.128. The van der Waals surface area contributed by atoms with Crippen LogP contribution in [0.1, 0.15) is 6.92 Å². The fraction of sp³-hybridized carbons (Fsp3) is 0.714. The van der Waals surface area contributed by atoms with Gasteiger partial charge in [0, 0.05) is 13.1 Å². The molecule has 1 aliphatic heterocycles. The molecule has 0 radical (unpaired) electrons. The summed E-state index contributed by atoms with van der Waals surface area (Å²) < 4.78 is 5.31. The monoisotopic (exact) mass is 185 g/mol. The number of rotatable bonds is 0. The second-order valence-corrected chi connectivity index (χ2v) is 2.99. The van der Waals surface area contributed by atoms with Crippen LogP contribution >= 0.6 is 0 Å². The van der Waals surface area contributed by atoms with Crippen molar-refractivity contribution in [3.05, 3.63) is 0 Å². The van der Waals surface area contributed by atoms with Crippen LogP contribution in [0.3, 0.4) is 0 Å². The zero-order chi connectivity index (χ0) is 9.84. The van der Waals surface area contributed by atoms with Crippen molar-refractivity contribution in [3.8, 4) is 0 Å². The normalized spacial score (nSPS) is 22.5. The highest BCUT2D eigenvalue weighted by Gasteiger charge is 2.18. The fourth-order valence-electron chi connectivity index (χ4n) is 1.20. The second-order valence-electron chi connectivity index (χ2n) is 2.99. The summed E-state index contributed by atoms with van der Waals surface area (Å²) in [6.45, 7) is 3.90. The first-order valence-electron chi connectivity index (χ1n) is 4.14. The predicted octanol–water partition coefficient (Wildman–Crippen LogP) is -1.08. The quantitative estimate of drug-likeness (QED) is 0.330. The molecule has 1 rings (SSSR count). The SMILES string of the molecule is CC1CN(C(=N)N=C(N)N)CCO1. The maximum atomic E-state index is 7.53. The Morgan fingerprint density at radius 3 is 2.85 bits per heavy atom. The van der Waals surface area contributed by atoms with Gasteiger partial charge in [-0.15, -0.1) is 0 Å². The van der Waals surface area contributed by atoms with Gasteiger partial charge in [-0.1, -0.05) is 0 Å². The van der Waals surface area contributed by atoms with Gasteiger partial charge in [0.15, 0.2) is 5.96 Å². The molecule has 0 aromatic heterocycles. The molecule has 0 aromatic rings. The third kappa shape index (κ3) is 2.90. The largest absolute Gasteiger partial charge is 0.375 e. The molecule has 6 nitrogen and oxygen atoms in total. The lowest BCUT2D eigenvalue weighted by atomic mass is 10.3. The van der Waals surface area contributed by atoms with Crippen LogP contribution in [0.5, 0.6) is 0 Å². The van der Waals surface area contributed by atoms with Gasteiger partial charge < -0.3 is 21.1 Å². The third-order valence-electron chi connectivity index (χ3n) is 1.78. The lowest BCUT2D eigenvalue weighted by Crippen LogP contribution is -2.44. The molecular formula is C7H15N5O. The van der Waals surface area contributed by atoms with Gasteiger partial charge in [0.1, 0.15) is 0 Å². The van der Waals surface area contributed by atoms with E-state index in [1.807, 2.05) is 6.92 Å². The van der Waals surface area contributed by atoms with E-state index in [4.69, 9.17) is 21.6 Å². The Hall–Kier alpha value is -1.30. The number of hydrogen-bond donors (Lipinski definition) is 3. The van der Waals surface area contributed by atoms with E-state index in [1.54, 1.807) is 4.90 Å². The maximum absolute atomic E-state index is 7.53. The van der Waals surface area contributed by atoms with Crippen LogP contribution < -0.4 is 11.5 Å². The number of nitrogens with zero attached hydrogens (tertiary/aromatic N) is 2. The Kier molecular flexibility index (Phi) is 3.07. The van der Waals surface area contributed by atoms with Crippen LogP contribution in [0.2, 0.25) is 0 Å². The number of ether oxygens (including phenoxy) is 1. The number of morpholine rings is 1. The van der Waals surface area contributed by atoms with E-state index in [0.717, 1.165) is 0 Å². The van der Waals surface area contributed by atoms with Gasteiger partial charge in [-0.2, -0.15) is 4.99 Å². The van der Waals surface area contributed by atoms with Crippen LogP contribution in [0.15, 0.2) is 4.99 Å². The number of hydrogen-bond acceptors (Lipinski definition) is 2. The molecule has 0 spiro atoms. The van der Waals surface area contributed by atoms with Crippen molar-refractivity contribution >= 4 is 11.9 Å². The lowest BCUT2D eigenvalue weighted by Gasteiger charge is -2.31. The van der Waals surface area contributed by atoms with Gasteiger partial charge in [0.2, 0.25) is 5.96 Å². The summed E-state index contributed by atoms with van der Waals surface area (Å²) in [4.78, 5) is 5.45. The van der Waals surface area contributed by atoms with Crippen molar-refractivity contribution in [1.29, 1.82) is 5.41 Å². The number of nitrogens with two attached hydrogens (primary N) is 2. The minimum atomic E-state index is -0.0795. The summed E-state index contributed by atoms with van der Waals surface area (Å²) in [5.41, 5.74) is 10.3. The van der Waals surface area contributed by atoms with Crippen molar-refractivity contribution in [2.24, 2.45) is 16.5 Å². The molecule has 1 aliphatic rings. The molecule has 0 amide bonds. The molecule has 0 aromatic carbocycles. The topological polar surface area (TPSA) is 101 Å². The summed E-state index contributed by atoms with van der Waals surface area (Å²) in [6, 6.07) is 0.